The maximum atomic E-state index is 10.4. The van der Waals surface area contributed by atoms with Gasteiger partial charge in [0.05, 0.1) is 59.5 Å². The highest BCUT2D eigenvalue weighted by Gasteiger charge is 2.47. The van der Waals surface area contributed by atoms with E-state index in [1.165, 1.54) is 28.4 Å². The van der Waals surface area contributed by atoms with Crippen LogP contribution in [0.15, 0.2) is 24.3 Å². The number of hydrogen-bond acceptors (Lipinski definition) is 13. The zero-order valence-corrected chi connectivity index (χ0v) is 23.1. The Kier molecular flexibility index (Phi) is 8.66. The van der Waals surface area contributed by atoms with Crippen molar-refractivity contribution in [3.8, 4) is 34.5 Å². The van der Waals surface area contributed by atoms with E-state index in [9.17, 15) is 25.5 Å². The minimum Gasteiger partial charge on any atom is -0.502 e. The summed E-state index contributed by atoms with van der Waals surface area (Å²) in [4.78, 5) is 0. The van der Waals surface area contributed by atoms with Gasteiger partial charge in [-0.3, -0.25) is 0 Å². The molecule has 0 spiro atoms. The van der Waals surface area contributed by atoms with E-state index in [-0.39, 0.29) is 47.4 Å². The number of methoxy groups -OCH3 is 4. The van der Waals surface area contributed by atoms with Gasteiger partial charge in [0.1, 0.15) is 24.4 Å². The van der Waals surface area contributed by atoms with Gasteiger partial charge in [-0.25, -0.2) is 0 Å². The standard InChI is InChI=1S/C28H36O13/c1-34-18-5-12(6-19(35-2)23(18)30)14-9-16-17(38-14)10-15(39-16)13-7-20(36-3)27(21(8-13)37-4)41-28-26(33)25(32)24(31)22(11-29)40-28/h5-8,14-17,22,24-26,28-33H,9-11H2,1-4H3/t14-,15-,16-,17-,22-,24-,25+,26-,28-/m1/s1. The van der Waals surface area contributed by atoms with Crippen molar-refractivity contribution in [1.82, 2.24) is 0 Å². The lowest BCUT2D eigenvalue weighted by atomic mass is 9.99. The molecule has 226 valence electrons. The van der Waals surface area contributed by atoms with Gasteiger partial charge in [-0.1, -0.05) is 0 Å². The Labute approximate surface area is 236 Å². The van der Waals surface area contributed by atoms with Crippen LogP contribution in [0.3, 0.4) is 0 Å². The molecule has 0 aliphatic carbocycles. The lowest BCUT2D eigenvalue weighted by molar-refractivity contribution is -0.277. The number of ether oxygens (including phenoxy) is 8. The first-order valence-electron chi connectivity index (χ1n) is 13.2. The molecular weight excluding hydrogens is 544 g/mol. The topological polar surface area (TPSA) is 175 Å². The molecule has 3 saturated heterocycles. The van der Waals surface area contributed by atoms with Crippen LogP contribution >= 0.6 is 0 Å². The summed E-state index contributed by atoms with van der Waals surface area (Å²) in [7, 11) is 5.83. The fraction of sp³-hybridized carbons (Fsp3) is 0.571. The number of benzene rings is 2. The monoisotopic (exact) mass is 580 g/mol. The minimum atomic E-state index is -1.60. The molecular formula is C28H36O13. The van der Waals surface area contributed by atoms with Gasteiger partial charge in [0.2, 0.25) is 17.8 Å². The molecule has 9 atom stereocenters. The number of hydrogen-bond donors (Lipinski definition) is 5. The fourth-order valence-electron chi connectivity index (χ4n) is 5.56. The summed E-state index contributed by atoms with van der Waals surface area (Å²) in [5.74, 6) is 1.15. The van der Waals surface area contributed by atoms with Crippen molar-refractivity contribution in [2.24, 2.45) is 0 Å². The second-order valence-corrected chi connectivity index (χ2v) is 10.1. The third kappa shape index (κ3) is 5.46. The smallest absolute Gasteiger partial charge is 0.229 e. The molecule has 0 bridgehead atoms. The van der Waals surface area contributed by atoms with Gasteiger partial charge < -0.3 is 63.4 Å². The van der Waals surface area contributed by atoms with Crippen LogP contribution in [-0.2, 0) is 14.2 Å². The molecule has 5 rings (SSSR count). The first-order chi connectivity index (χ1) is 19.7. The Bertz CT molecular complexity index is 1160. The average Bonchev–Trinajstić information content (AvgIpc) is 3.57. The van der Waals surface area contributed by atoms with Crippen LogP contribution in [0.25, 0.3) is 0 Å². The third-order valence-corrected chi connectivity index (χ3v) is 7.80. The van der Waals surface area contributed by atoms with Crippen molar-refractivity contribution in [2.45, 2.75) is 68.0 Å². The Morgan fingerprint density at radius 1 is 0.683 bits per heavy atom. The van der Waals surface area contributed by atoms with Crippen LogP contribution in [0.4, 0.5) is 0 Å². The van der Waals surface area contributed by atoms with Crippen molar-refractivity contribution in [3.63, 3.8) is 0 Å². The lowest BCUT2D eigenvalue weighted by Gasteiger charge is -2.39. The van der Waals surface area contributed by atoms with Crippen LogP contribution in [0, 0.1) is 0 Å². The normalized spacial score (nSPS) is 32.8. The first kappa shape index (κ1) is 29.5. The number of fused-ring (bicyclic) bond motifs is 1. The van der Waals surface area contributed by atoms with E-state index in [0.717, 1.165) is 11.1 Å². The molecule has 0 saturated carbocycles. The number of aliphatic hydroxyl groups is 4. The highest BCUT2D eigenvalue weighted by Crippen LogP contribution is 2.50. The Morgan fingerprint density at radius 3 is 1.59 bits per heavy atom. The van der Waals surface area contributed by atoms with E-state index in [1.54, 1.807) is 24.3 Å². The lowest BCUT2D eigenvalue weighted by Crippen LogP contribution is -2.60. The largest absolute Gasteiger partial charge is 0.502 e. The van der Waals surface area contributed by atoms with Gasteiger partial charge in [0.25, 0.3) is 0 Å². The maximum absolute atomic E-state index is 10.4. The second-order valence-electron chi connectivity index (χ2n) is 10.1. The molecule has 0 radical (unpaired) electrons. The summed E-state index contributed by atoms with van der Waals surface area (Å²) in [6.45, 7) is -0.587. The molecule has 3 heterocycles. The predicted octanol–water partition coefficient (Wildman–Crippen LogP) is 0.965. The number of phenolic OH excluding ortho intramolecular Hbond substituents is 1. The molecule has 3 aliphatic heterocycles. The minimum absolute atomic E-state index is 0.0740. The zero-order valence-electron chi connectivity index (χ0n) is 23.1. The van der Waals surface area contributed by atoms with Crippen molar-refractivity contribution in [3.05, 3.63) is 35.4 Å². The molecule has 13 heteroatoms. The van der Waals surface area contributed by atoms with Gasteiger partial charge in [0, 0.05) is 12.8 Å². The fourth-order valence-corrected chi connectivity index (χ4v) is 5.56. The van der Waals surface area contributed by atoms with E-state index in [1.807, 2.05) is 0 Å². The summed E-state index contributed by atoms with van der Waals surface area (Å²) in [6.07, 6.45) is -7.07. The van der Waals surface area contributed by atoms with Gasteiger partial charge in [-0.05, 0) is 35.4 Å². The predicted molar refractivity (Wildman–Crippen MR) is 140 cm³/mol. The summed E-state index contributed by atoms with van der Waals surface area (Å²) < 4.78 is 45.7. The molecule has 0 aromatic heterocycles. The van der Waals surface area contributed by atoms with Crippen molar-refractivity contribution >= 4 is 0 Å². The number of aromatic hydroxyl groups is 1. The van der Waals surface area contributed by atoms with Gasteiger partial charge in [-0.2, -0.15) is 0 Å². The van der Waals surface area contributed by atoms with Crippen LogP contribution < -0.4 is 23.7 Å². The van der Waals surface area contributed by atoms with Crippen LogP contribution in [0.1, 0.15) is 36.2 Å². The van der Waals surface area contributed by atoms with Gasteiger partial charge >= 0.3 is 0 Å². The molecule has 0 unspecified atom stereocenters. The molecule has 2 aromatic rings. The van der Waals surface area contributed by atoms with E-state index in [4.69, 9.17) is 37.9 Å². The SMILES string of the molecule is COc1cc([C@H]2C[C@H]3O[C@@H](c4cc(OC)c(O[C@H]5O[C@H](CO)[C@@H](O)[C@H](O)[C@H]5O)c(OC)c4)C[C@H]3O2)cc(OC)c1O. The summed E-state index contributed by atoms with van der Waals surface area (Å²) in [5, 5.41) is 50.3. The zero-order chi connectivity index (χ0) is 29.4. The highest BCUT2D eigenvalue weighted by atomic mass is 16.7. The summed E-state index contributed by atoms with van der Waals surface area (Å²) >= 11 is 0. The second kappa shape index (κ2) is 12.1. The Balaban J connectivity index is 1.32. The van der Waals surface area contributed by atoms with Gasteiger partial charge in [-0.15, -0.1) is 0 Å². The number of phenols is 1. The summed E-state index contributed by atoms with van der Waals surface area (Å²) in [5.41, 5.74) is 1.56. The van der Waals surface area contributed by atoms with E-state index in [2.05, 4.69) is 0 Å². The number of aliphatic hydroxyl groups excluding tert-OH is 4. The first-order valence-corrected chi connectivity index (χ1v) is 13.2. The van der Waals surface area contributed by atoms with E-state index >= 15 is 0 Å². The molecule has 13 nitrogen and oxygen atoms in total. The molecule has 5 N–H and O–H groups in total. The molecule has 41 heavy (non-hydrogen) atoms. The van der Waals surface area contributed by atoms with Crippen LogP contribution in [0.2, 0.25) is 0 Å². The van der Waals surface area contributed by atoms with E-state index in [0.29, 0.717) is 24.3 Å². The van der Waals surface area contributed by atoms with Crippen LogP contribution in [0.5, 0.6) is 34.5 Å². The van der Waals surface area contributed by atoms with Crippen LogP contribution in [-0.4, -0.2) is 103 Å². The molecule has 3 aliphatic rings. The Hall–Kier alpha value is -3.04. The summed E-state index contributed by atoms with van der Waals surface area (Å²) in [6, 6.07) is 6.90. The maximum Gasteiger partial charge on any atom is 0.229 e. The quantitative estimate of drug-likeness (QED) is 0.284. The molecule has 0 amide bonds. The van der Waals surface area contributed by atoms with Crippen molar-refractivity contribution in [1.29, 1.82) is 0 Å². The Morgan fingerprint density at radius 2 is 1.15 bits per heavy atom. The average molecular weight is 581 g/mol. The number of rotatable bonds is 9. The van der Waals surface area contributed by atoms with E-state index < -0.39 is 37.3 Å². The third-order valence-electron chi connectivity index (χ3n) is 7.80. The molecule has 3 fully saturated rings. The van der Waals surface area contributed by atoms with Crippen molar-refractivity contribution < 1.29 is 63.4 Å². The van der Waals surface area contributed by atoms with Gasteiger partial charge in [0.15, 0.2) is 23.0 Å². The highest BCUT2D eigenvalue weighted by molar-refractivity contribution is 5.55. The van der Waals surface area contributed by atoms with Crippen molar-refractivity contribution in [2.75, 3.05) is 35.0 Å². The molecule has 2 aromatic carbocycles.